The van der Waals surface area contributed by atoms with Crippen LogP contribution in [-0.4, -0.2) is 20.2 Å². The Morgan fingerprint density at radius 2 is 1.96 bits per heavy atom. The summed E-state index contributed by atoms with van der Waals surface area (Å²) in [5.74, 6) is 0.303. The van der Waals surface area contributed by atoms with Crippen molar-refractivity contribution in [2.24, 2.45) is 0 Å². The number of ether oxygens (including phenoxy) is 3. The van der Waals surface area contributed by atoms with Gasteiger partial charge in [-0.15, -0.1) is 0 Å². The highest BCUT2D eigenvalue weighted by molar-refractivity contribution is 5.98. The first kappa shape index (κ1) is 14.7. The van der Waals surface area contributed by atoms with Gasteiger partial charge in [-0.3, -0.25) is 0 Å². The van der Waals surface area contributed by atoms with Crippen LogP contribution >= 0.6 is 0 Å². The summed E-state index contributed by atoms with van der Waals surface area (Å²) >= 11 is 0. The van der Waals surface area contributed by atoms with E-state index >= 15 is 0 Å². The predicted molar refractivity (Wildman–Crippen MR) is 82.5 cm³/mol. The lowest BCUT2D eigenvalue weighted by Gasteiger charge is -2.15. The van der Waals surface area contributed by atoms with Crippen LogP contribution in [0.4, 0.5) is 5.69 Å². The minimum atomic E-state index is -0.688. The molecule has 0 fully saturated rings. The molecular weight excluding hydrogens is 296 g/mol. The van der Waals surface area contributed by atoms with Gasteiger partial charge in [-0.1, -0.05) is 12.1 Å². The van der Waals surface area contributed by atoms with Crippen molar-refractivity contribution < 1.29 is 19.0 Å². The number of benzene rings is 2. The Labute approximate surface area is 133 Å². The van der Waals surface area contributed by atoms with Gasteiger partial charge in [-0.05, 0) is 24.3 Å². The summed E-state index contributed by atoms with van der Waals surface area (Å²) in [7, 11) is 2.97. The molecule has 6 heteroatoms. The second kappa shape index (κ2) is 5.89. The second-order valence-electron chi connectivity index (χ2n) is 4.85. The van der Waals surface area contributed by atoms with E-state index in [1.807, 2.05) is 0 Å². The van der Waals surface area contributed by atoms with Crippen molar-refractivity contribution >= 4 is 11.7 Å². The summed E-state index contributed by atoms with van der Waals surface area (Å²) < 4.78 is 15.9. The number of hydrogen-bond donors (Lipinski definition) is 1. The zero-order valence-electron chi connectivity index (χ0n) is 12.6. The number of nitriles is 1. The zero-order chi connectivity index (χ0) is 16.4. The van der Waals surface area contributed by atoms with E-state index in [2.05, 4.69) is 11.4 Å². The molecule has 1 heterocycles. The van der Waals surface area contributed by atoms with Crippen LogP contribution in [0.15, 0.2) is 36.4 Å². The van der Waals surface area contributed by atoms with Crippen LogP contribution in [0.3, 0.4) is 0 Å². The predicted octanol–water partition coefficient (Wildman–Crippen LogP) is 2.86. The third-order valence-electron chi connectivity index (χ3n) is 3.62. The normalized spacial score (nSPS) is 15.3. The SMILES string of the molecule is COc1ccc2c(c1OC)C(=O)O[C@@H]2Nc1ccccc1C#N. The molecular formula is C17H14N2O4. The smallest absolute Gasteiger partial charge is 0.344 e. The Morgan fingerprint density at radius 1 is 1.17 bits per heavy atom. The summed E-state index contributed by atoms with van der Waals surface area (Å²) in [4.78, 5) is 12.2. The van der Waals surface area contributed by atoms with E-state index in [9.17, 15) is 4.79 Å². The highest BCUT2D eigenvalue weighted by Crippen LogP contribution is 2.42. The number of hydrogen-bond acceptors (Lipinski definition) is 6. The standard InChI is InChI=1S/C17H14N2O4/c1-21-13-8-7-11-14(15(13)22-2)17(20)23-16(11)19-12-6-4-3-5-10(12)9-18/h3-8,16,19H,1-2H3/t16-/m0/s1. The molecule has 0 radical (unpaired) electrons. The Bertz CT molecular complexity index is 811. The molecule has 1 aliphatic heterocycles. The quantitative estimate of drug-likeness (QED) is 0.875. The fourth-order valence-corrected chi connectivity index (χ4v) is 2.56. The molecule has 116 valence electrons. The number of cyclic esters (lactones) is 1. The first-order valence-corrected chi connectivity index (χ1v) is 6.91. The van der Waals surface area contributed by atoms with Crippen LogP contribution in [0.1, 0.15) is 27.7 Å². The van der Waals surface area contributed by atoms with Crippen LogP contribution in [-0.2, 0) is 4.74 Å². The van der Waals surface area contributed by atoms with Crippen molar-refractivity contribution in [1.29, 1.82) is 5.26 Å². The summed E-state index contributed by atoms with van der Waals surface area (Å²) in [5, 5.41) is 12.2. The number of carbonyl (C=O) groups is 1. The van der Waals surface area contributed by atoms with Gasteiger partial charge in [-0.2, -0.15) is 5.26 Å². The molecule has 2 aromatic rings. The van der Waals surface area contributed by atoms with Crippen molar-refractivity contribution in [1.82, 2.24) is 0 Å². The molecule has 0 saturated carbocycles. The van der Waals surface area contributed by atoms with Crippen LogP contribution < -0.4 is 14.8 Å². The van der Waals surface area contributed by atoms with Gasteiger partial charge >= 0.3 is 5.97 Å². The molecule has 2 aromatic carbocycles. The molecule has 0 aliphatic carbocycles. The lowest BCUT2D eigenvalue weighted by molar-refractivity contribution is 0.0435. The third-order valence-corrected chi connectivity index (χ3v) is 3.62. The van der Waals surface area contributed by atoms with Gasteiger partial charge in [0.2, 0.25) is 6.23 Å². The van der Waals surface area contributed by atoms with E-state index in [1.54, 1.807) is 36.4 Å². The van der Waals surface area contributed by atoms with Gasteiger partial charge in [0.1, 0.15) is 11.6 Å². The number of para-hydroxylation sites is 1. The Balaban J connectivity index is 2.01. The van der Waals surface area contributed by atoms with Crippen LogP contribution in [0.2, 0.25) is 0 Å². The highest BCUT2D eigenvalue weighted by Gasteiger charge is 2.36. The van der Waals surface area contributed by atoms with Crippen molar-refractivity contribution in [3.05, 3.63) is 53.1 Å². The third kappa shape index (κ3) is 2.42. The Hall–Kier alpha value is -3.20. The summed E-state index contributed by atoms with van der Waals surface area (Å²) in [5.41, 5.74) is 2.03. The molecule has 0 saturated heterocycles. The fraction of sp³-hybridized carbons (Fsp3) is 0.176. The largest absolute Gasteiger partial charge is 0.493 e. The molecule has 0 unspecified atom stereocenters. The first-order valence-electron chi connectivity index (χ1n) is 6.91. The molecule has 1 atom stereocenters. The molecule has 0 bridgehead atoms. The van der Waals surface area contributed by atoms with Gasteiger partial charge in [0.05, 0.1) is 25.5 Å². The number of carbonyl (C=O) groups excluding carboxylic acids is 1. The van der Waals surface area contributed by atoms with Gasteiger partial charge in [0.25, 0.3) is 0 Å². The number of rotatable bonds is 4. The molecule has 1 aliphatic rings. The van der Waals surface area contributed by atoms with Crippen molar-refractivity contribution in [3.63, 3.8) is 0 Å². The lowest BCUT2D eigenvalue weighted by atomic mass is 10.1. The lowest BCUT2D eigenvalue weighted by Crippen LogP contribution is -2.11. The van der Waals surface area contributed by atoms with Crippen LogP contribution in [0.25, 0.3) is 0 Å². The maximum atomic E-state index is 12.2. The molecule has 3 rings (SSSR count). The number of nitrogens with one attached hydrogen (secondary N) is 1. The number of fused-ring (bicyclic) bond motifs is 1. The Kier molecular flexibility index (Phi) is 3.77. The van der Waals surface area contributed by atoms with E-state index < -0.39 is 12.2 Å². The van der Waals surface area contributed by atoms with E-state index in [4.69, 9.17) is 19.5 Å². The van der Waals surface area contributed by atoms with E-state index in [-0.39, 0.29) is 0 Å². The minimum Gasteiger partial charge on any atom is -0.493 e. The topological polar surface area (TPSA) is 80.6 Å². The van der Waals surface area contributed by atoms with Crippen molar-refractivity contribution in [3.8, 4) is 17.6 Å². The molecule has 0 aromatic heterocycles. The second-order valence-corrected chi connectivity index (χ2v) is 4.85. The number of methoxy groups -OCH3 is 2. The fourth-order valence-electron chi connectivity index (χ4n) is 2.56. The van der Waals surface area contributed by atoms with Gasteiger partial charge < -0.3 is 19.5 Å². The summed E-state index contributed by atoms with van der Waals surface area (Å²) in [6.45, 7) is 0. The van der Waals surface area contributed by atoms with Crippen molar-refractivity contribution in [2.45, 2.75) is 6.23 Å². The monoisotopic (exact) mass is 310 g/mol. The van der Waals surface area contributed by atoms with Crippen LogP contribution in [0.5, 0.6) is 11.5 Å². The maximum absolute atomic E-state index is 12.2. The van der Waals surface area contributed by atoms with E-state index in [1.165, 1.54) is 14.2 Å². The zero-order valence-corrected chi connectivity index (χ0v) is 12.6. The summed E-state index contributed by atoms with van der Waals surface area (Å²) in [6.07, 6.45) is -0.688. The number of nitrogens with zero attached hydrogens (tertiary/aromatic N) is 1. The van der Waals surface area contributed by atoms with Gasteiger partial charge in [0, 0.05) is 5.56 Å². The maximum Gasteiger partial charge on any atom is 0.344 e. The first-order chi connectivity index (χ1) is 11.2. The molecule has 6 nitrogen and oxygen atoms in total. The van der Waals surface area contributed by atoms with Gasteiger partial charge in [-0.25, -0.2) is 4.79 Å². The summed E-state index contributed by atoms with van der Waals surface area (Å²) in [6, 6.07) is 12.6. The van der Waals surface area contributed by atoms with Crippen LogP contribution in [0, 0.1) is 11.3 Å². The minimum absolute atomic E-state index is 0.332. The van der Waals surface area contributed by atoms with E-state index in [0.29, 0.717) is 33.9 Å². The van der Waals surface area contributed by atoms with Gasteiger partial charge in [0.15, 0.2) is 11.5 Å². The average Bonchev–Trinajstić information content (AvgIpc) is 2.90. The average molecular weight is 310 g/mol. The van der Waals surface area contributed by atoms with Crippen molar-refractivity contribution in [2.75, 3.05) is 19.5 Å². The molecule has 0 spiro atoms. The number of esters is 1. The molecule has 0 amide bonds. The molecule has 1 N–H and O–H groups in total. The number of anilines is 1. The highest BCUT2D eigenvalue weighted by atomic mass is 16.6. The molecule has 23 heavy (non-hydrogen) atoms. The Morgan fingerprint density at radius 3 is 2.65 bits per heavy atom. The van der Waals surface area contributed by atoms with E-state index in [0.717, 1.165) is 0 Å².